The highest BCUT2D eigenvalue weighted by molar-refractivity contribution is 5.78. The molecule has 0 fully saturated rings. The molecule has 0 aliphatic carbocycles. The van der Waals surface area contributed by atoms with Gasteiger partial charge in [-0.25, -0.2) is 15.0 Å². The van der Waals surface area contributed by atoms with Gasteiger partial charge in [0.05, 0.1) is 30.0 Å². The summed E-state index contributed by atoms with van der Waals surface area (Å²) in [6.45, 7) is 0. The molecule has 0 amide bonds. The first-order valence-electron chi connectivity index (χ1n) is 7.22. The van der Waals surface area contributed by atoms with E-state index in [1.54, 1.807) is 19.5 Å². The lowest BCUT2D eigenvalue weighted by Gasteiger charge is -2.10. The molecule has 0 aliphatic rings. The van der Waals surface area contributed by atoms with Crippen LogP contribution in [0.2, 0.25) is 0 Å². The molecule has 0 unspecified atom stereocenters. The molecule has 4 aromatic rings. The van der Waals surface area contributed by atoms with Crippen LogP contribution in [0.1, 0.15) is 0 Å². The Balaban J connectivity index is 1.90. The number of hydrogen-bond donors (Lipinski definition) is 0. The summed E-state index contributed by atoms with van der Waals surface area (Å²) in [4.78, 5) is 13.1. The van der Waals surface area contributed by atoms with Crippen LogP contribution < -0.4 is 4.74 Å². The normalized spacial score (nSPS) is 11.0. The van der Waals surface area contributed by atoms with Crippen LogP contribution in [0.5, 0.6) is 5.88 Å². The van der Waals surface area contributed by atoms with Crippen LogP contribution in [0.25, 0.3) is 28.1 Å². The van der Waals surface area contributed by atoms with Crippen LogP contribution in [0.15, 0.2) is 55.2 Å². The van der Waals surface area contributed by atoms with Crippen molar-refractivity contribution in [1.29, 1.82) is 0 Å². The summed E-state index contributed by atoms with van der Waals surface area (Å²) in [5.41, 5.74) is 3.90. The number of ether oxygens (including phenoxy) is 1. The van der Waals surface area contributed by atoms with E-state index >= 15 is 0 Å². The van der Waals surface area contributed by atoms with E-state index in [2.05, 4.69) is 21.0 Å². The number of nitrogens with zero attached hydrogens (tertiary/aromatic N) is 5. The summed E-state index contributed by atoms with van der Waals surface area (Å²) in [5, 5.41) is 0. The van der Waals surface area contributed by atoms with Crippen LogP contribution in [0, 0.1) is 0 Å². The van der Waals surface area contributed by atoms with E-state index in [1.807, 2.05) is 53.0 Å². The molecule has 114 valence electrons. The maximum Gasteiger partial charge on any atom is 0.224 e. The minimum absolute atomic E-state index is 0.557. The minimum atomic E-state index is 0.557. The largest absolute Gasteiger partial charge is 0.480 e. The molecule has 0 saturated heterocycles. The van der Waals surface area contributed by atoms with Gasteiger partial charge < -0.3 is 9.30 Å². The Morgan fingerprint density at radius 1 is 1.04 bits per heavy atom. The number of rotatable bonds is 3. The van der Waals surface area contributed by atoms with Crippen molar-refractivity contribution in [3.05, 3.63) is 55.2 Å². The molecule has 0 radical (unpaired) electrons. The molecular formula is C17H15N5O. The summed E-state index contributed by atoms with van der Waals surface area (Å²) < 4.78 is 9.38. The monoisotopic (exact) mass is 305 g/mol. The van der Waals surface area contributed by atoms with Crippen molar-refractivity contribution in [3.8, 4) is 23.0 Å². The predicted molar refractivity (Wildman–Crippen MR) is 87.6 cm³/mol. The molecule has 6 nitrogen and oxygen atoms in total. The summed E-state index contributed by atoms with van der Waals surface area (Å²) in [6.07, 6.45) is 7.22. The van der Waals surface area contributed by atoms with Gasteiger partial charge in [0.1, 0.15) is 5.82 Å². The Labute approximate surface area is 133 Å². The fraction of sp³-hybridized carbons (Fsp3) is 0.118. The smallest absolute Gasteiger partial charge is 0.224 e. The van der Waals surface area contributed by atoms with Crippen molar-refractivity contribution in [2.45, 2.75) is 0 Å². The second-order valence-corrected chi connectivity index (χ2v) is 5.21. The predicted octanol–water partition coefficient (Wildman–Crippen LogP) is 2.83. The van der Waals surface area contributed by atoms with Crippen molar-refractivity contribution >= 4 is 11.0 Å². The van der Waals surface area contributed by atoms with Gasteiger partial charge >= 0.3 is 0 Å². The Kier molecular flexibility index (Phi) is 3.08. The molecular weight excluding hydrogens is 290 g/mol. The van der Waals surface area contributed by atoms with E-state index in [1.165, 1.54) is 0 Å². The quantitative estimate of drug-likeness (QED) is 0.584. The van der Waals surface area contributed by atoms with Crippen LogP contribution in [-0.4, -0.2) is 31.2 Å². The van der Waals surface area contributed by atoms with Gasteiger partial charge in [0.15, 0.2) is 0 Å². The maximum atomic E-state index is 5.36. The Hall–Kier alpha value is -3.15. The lowest BCUT2D eigenvalue weighted by Crippen LogP contribution is -1.99. The molecule has 23 heavy (non-hydrogen) atoms. The number of methoxy groups -OCH3 is 1. The van der Waals surface area contributed by atoms with Crippen LogP contribution in [-0.2, 0) is 7.05 Å². The molecule has 0 spiro atoms. The first kappa shape index (κ1) is 13.5. The summed E-state index contributed by atoms with van der Waals surface area (Å²) in [6, 6.07) is 9.96. The first-order valence-corrected chi connectivity index (χ1v) is 7.22. The molecule has 6 heteroatoms. The van der Waals surface area contributed by atoms with Crippen LogP contribution in [0.3, 0.4) is 0 Å². The maximum absolute atomic E-state index is 5.36. The van der Waals surface area contributed by atoms with Gasteiger partial charge in [0.25, 0.3) is 0 Å². The third kappa shape index (κ3) is 2.15. The third-order valence-electron chi connectivity index (χ3n) is 3.83. The summed E-state index contributed by atoms with van der Waals surface area (Å²) >= 11 is 0. The SMILES string of the molecule is COc1ncccc1-c1nccn1-c1ccc2ncn(C)c2c1. The van der Waals surface area contributed by atoms with Crippen molar-refractivity contribution in [3.63, 3.8) is 0 Å². The van der Waals surface area contributed by atoms with Crippen LogP contribution >= 0.6 is 0 Å². The number of pyridine rings is 1. The molecule has 0 saturated carbocycles. The molecule has 3 heterocycles. The van der Waals surface area contributed by atoms with E-state index in [-0.39, 0.29) is 0 Å². The zero-order valence-corrected chi connectivity index (χ0v) is 12.8. The molecule has 4 rings (SSSR count). The highest BCUT2D eigenvalue weighted by Crippen LogP contribution is 2.29. The number of aromatic nitrogens is 5. The second kappa shape index (κ2) is 5.24. The lowest BCUT2D eigenvalue weighted by atomic mass is 10.2. The zero-order chi connectivity index (χ0) is 15.8. The van der Waals surface area contributed by atoms with Gasteiger partial charge in [-0.15, -0.1) is 0 Å². The third-order valence-corrected chi connectivity index (χ3v) is 3.83. The van der Waals surface area contributed by atoms with E-state index in [0.29, 0.717) is 5.88 Å². The fourth-order valence-electron chi connectivity index (χ4n) is 2.70. The zero-order valence-electron chi connectivity index (χ0n) is 12.8. The molecule has 3 aromatic heterocycles. The highest BCUT2D eigenvalue weighted by Gasteiger charge is 2.14. The van der Waals surface area contributed by atoms with E-state index in [4.69, 9.17) is 4.74 Å². The highest BCUT2D eigenvalue weighted by atomic mass is 16.5. The number of fused-ring (bicyclic) bond motifs is 1. The Bertz CT molecular complexity index is 985. The summed E-state index contributed by atoms with van der Waals surface area (Å²) in [5.74, 6) is 1.35. The number of imidazole rings is 2. The average molecular weight is 305 g/mol. The molecule has 1 aromatic carbocycles. The molecule has 0 N–H and O–H groups in total. The lowest BCUT2D eigenvalue weighted by molar-refractivity contribution is 0.399. The topological polar surface area (TPSA) is 57.8 Å². The Morgan fingerprint density at radius 3 is 2.83 bits per heavy atom. The fourth-order valence-corrected chi connectivity index (χ4v) is 2.70. The van der Waals surface area contributed by atoms with Crippen LogP contribution in [0.4, 0.5) is 0 Å². The number of hydrogen-bond acceptors (Lipinski definition) is 4. The minimum Gasteiger partial charge on any atom is -0.480 e. The van der Waals surface area contributed by atoms with Gasteiger partial charge in [-0.05, 0) is 30.3 Å². The van der Waals surface area contributed by atoms with Gasteiger partial charge in [-0.2, -0.15) is 0 Å². The van der Waals surface area contributed by atoms with Gasteiger partial charge in [-0.1, -0.05) is 0 Å². The molecule has 0 bridgehead atoms. The van der Waals surface area contributed by atoms with Crippen molar-refractivity contribution < 1.29 is 4.74 Å². The van der Waals surface area contributed by atoms with Gasteiger partial charge in [0.2, 0.25) is 5.88 Å². The first-order chi connectivity index (χ1) is 11.3. The number of benzene rings is 1. The van der Waals surface area contributed by atoms with E-state index < -0.39 is 0 Å². The Morgan fingerprint density at radius 2 is 1.96 bits per heavy atom. The van der Waals surface area contributed by atoms with E-state index in [9.17, 15) is 0 Å². The van der Waals surface area contributed by atoms with Crippen molar-refractivity contribution in [2.75, 3.05) is 7.11 Å². The van der Waals surface area contributed by atoms with E-state index in [0.717, 1.165) is 28.1 Å². The summed E-state index contributed by atoms with van der Waals surface area (Å²) in [7, 11) is 3.60. The number of aryl methyl sites for hydroxylation is 1. The van der Waals surface area contributed by atoms with Crippen molar-refractivity contribution in [2.24, 2.45) is 7.05 Å². The molecule has 0 aliphatic heterocycles. The van der Waals surface area contributed by atoms with Gasteiger partial charge in [0, 0.05) is 31.3 Å². The van der Waals surface area contributed by atoms with Crippen molar-refractivity contribution in [1.82, 2.24) is 24.1 Å². The second-order valence-electron chi connectivity index (χ2n) is 5.21. The molecule has 0 atom stereocenters. The standard InChI is InChI=1S/C17H15N5O/c1-21-11-20-14-6-5-12(10-15(14)21)22-9-8-18-16(22)13-4-3-7-19-17(13)23-2/h3-11H,1-2H3. The average Bonchev–Trinajstić information content (AvgIpc) is 3.22. The van der Waals surface area contributed by atoms with Gasteiger partial charge in [-0.3, -0.25) is 4.57 Å².